The number of carbonyl (C=O) groups excluding carboxylic acids is 4. The summed E-state index contributed by atoms with van der Waals surface area (Å²) in [6, 6.07) is 9.08. The van der Waals surface area contributed by atoms with E-state index in [-0.39, 0.29) is 12.3 Å². The number of carbonyl (C=O) groups is 4. The van der Waals surface area contributed by atoms with Crippen molar-refractivity contribution >= 4 is 23.7 Å². The van der Waals surface area contributed by atoms with Crippen molar-refractivity contribution in [1.29, 1.82) is 0 Å². The van der Waals surface area contributed by atoms with Gasteiger partial charge < -0.3 is 15.0 Å². The number of ketones is 1. The lowest BCUT2D eigenvalue weighted by molar-refractivity contribution is -0.130. The first-order valence-electron chi connectivity index (χ1n) is 10.3. The SMILES string of the molecule is CCOC(=O)c1c(C)[nH]c(C(=O)CN2C(=O)NC(C)(CCc3ccccc3)C2=O)c1C. The fourth-order valence-electron chi connectivity index (χ4n) is 3.86. The molecule has 3 rings (SSSR count). The zero-order valence-corrected chi connectivity index (χ0v) is 18.2. The first-order valence-corrected chi connectivity index (χ1v) is 10.3. The number of nitrogens with one attached hydrogen (secondary N) is 2. The number of H-pyrrole nitrogens is 1. The molecule has 8 heteroatoms. The Morgan fingerprint density at radius 2 is 1.81 bits per heavy atom. The number of aromatic nitrogens is 1. The number of ether oxygens (including phenoxy) is 1. The number of nitrogens with zero attached hydrogens (tertiary/aromatic N) is 1. The third-order valence-electron chi connectivity index (χ3n) is 5.60. The van der Waals surface area contributed by atoms with Crippen molar-refractivity contribution in [3.63, 3.8) is 0 Å². The van der Waals surface area contributed by atoms with E-state index in [0.717, 1.165) is 10.5 Å². The highest BCUT2D eigenvalue weighted by Crippen LogP contribution is 2.25. The predicted octanol–water partition coefficient (Wildman–Crippen LogP) is 2.93. The van der Waals surface area contributed by atoms with Crippen LogP contribution in [0.3, 0.4) is 0 Å². The summed E-state index contributed by atoms with van der Waals surface area (Å²) in [5.74, 6) is -1.41. The van der Waals surface area contributed by atoms with Gasteiger partial charge in [-0.05, 0) is 51.7 Å². The van der Waals surface area contributed by atoms with Crippen LogP contribution in [-0.2, 0) is 16.0 Å². The maximum Gasteiger partial charge on any atom is 0.340 e. The number of aryl methyl sites for hydroxylation is 2. The average Bonchev–Trinajstić information content (AvgIpc) is 3.15. The molecule has 0 bridgehead atoms. The van der Waals surface area contributed by atoms with Gasteiger partial charge in [0.15, 0.2) is 5.78 Å². The van der Waals surface area contributed by atoms with E-state index in [9.17, 15) is 19.2 Å². The van der Waals surface area contributed by atoms with Crippen molar-refractivity contribution in [2.24, 2.45) is 0 Å². The summed E-state index contributed by atoms with van der Waals surface area (Å²) < 4.78 is 5.04. The monoisotopic (exact) mass is 425 g/mol. The van der Waals surface area contributed by atoms with E-state index < -0.39 is 35.8 Å². The van der Waals surface area contributed by atoms with Gasteiger partial charge in [0, 0.05) is 5.69 Å². The van der Waals surface area contributed by atoms with E-state index in [2.05, 4.69) is 10.3 Å². The molecule has 0 saturated carbocycles. The zero-order valence-electron chi connectivity index (χ0n) is 18.2. The number of hydrogen-bond donors (Lipinski definition) is 2. The van der Waals surface area contributed by atoms with Gasteiger partial charge in [0.2, 0.25) is 0 Å². The molecule has 1 aromatic carbocycles. The van der Waals surface area contributed by atoms with Gasteiger partial charge in [0.05, 0.1) is 24.4 Å². The molecule has 3 amide bonds. The molecule has 2 aromatic rings. The Kier molecular flexibility index (Phi) is 6.29. The second kappa shape index (κ2) is 8.75. The molecule has 0 aliphatic carbocycles. The maximum atomic E-state index is 13.0. The molecule has 1 fully saturated rings. The van der Waals surface area contributed by atoms with Crippen molar-refractivity contribution in [3.05, 3.63) is 58.4 Å². The number of aromatic amines is 1. The van der Waals surface area contributed by atoms with Crippen LogP contribution in [0.2, 0.25) is 0 Å². The van der Waals surface area contributed by atoms with Crippen LogP contribution in [0, 0.1) is 13.8 Å². The summed E-state index contributed by atoms with van der Waals surface area (Å²) in [7, 11) is 0. The summed E-state index contributed by atoms with van der Waals surface area (Å²) in [6.45, 7) is 6.49. The van der Waals surface area contributed by atoms with Crippen LogP contribution in [0.25, 0.3) is 0 Å². The first-order chi connectivity index (χ1) is 14.7. The number of Topliss-reactive ketones (excluding diaryl/α,β-unsaturated/α-hetero) is 1. The number of hydrogen-bond acceptors (Lipinski definition) is 5. The number of benzene rings is 1. The molecule has 2 heterocycles. The van der Waals surface area contributed by atoms with Crippen molar-refractivity contribution in [3.8, 4) is 0 Å². The van der Waals surface area contributed by atoms with Gasteiger partial charge in [0.25, 0.3) is 5.91 Å². The zero-order chi connectivity index (χ0) is 22.8. The Morgan fingerprint density at radius 3 is 2.45 bits per heavy atom. The third kappa shape index (κ3) is 4.38. The minimum absolute atomic E-state index is 0.194. The van der Waals surface area contributed by atoms with E-state index in [1.165, 1.54) is 0 Å². The topological polar surface area (TPSA) is 109 Å². The van der Waals surface area contributed by atoms with Gasteiger partial charge >= 0.3 is 12.0 Å². The van der Waals surface area contributed by atoms with Crippen LogP contribution in [0.5, 0.6) is 0 Å². The maximum absolute atomic E-state index is 13.0. The summed E-state index contributed by atoms with van der Waals surface area (Å²) in [5.41, 5.74) is 1.42. The highest BCUT2D eigenvalue weighted by molar-refractivity contribution is 6.11. The van der Waals surface area contributed by atoms with Crippen LogP contribution in [0.4, 0.5) is 4.79 Å². The second-order valence-electron chi connectivity index (χ2n) is 7.91. The van der Waals surface area contributed by atoms with Crippen LogP contribution in [0.15, 0.2) is 30.3 Å². The van der Waals surface area contributed by atoms with Gasteiger partial charge in [-0.15, -0.1) is 0 Å². The fraction of sp³-hybridized carbons (Fsp3) is 0.391. The van der Waals surface area contributed by atoms with Gasteiger partial charge in [-0.1, -0.05) is 30.3 Å². The standard InChI is InChI=1S/C23H27N3O5/c1-5-31-20(28)18-14(2)19(24-15(18)3)17(27)13-26-21(29)23(4,25-22(26)30)12-11-16-9-7-6-8-10-16/h6-10,24H,5,11-13H2,1-4H3,(H,25,30). The molecule has 164 valence electrons. The van der Waals surface area contributed by atoms with E-state index in [4.69, 9.17) is 4.74 Å². The fourth-order valence-corrected chi connectivity index (χ4v) is 3.86. The van der Waals surface area contributed by atoms with Gasteiger partial charge in [-0.2, -0.15) is 0 Å². The average molecular weight is 425 g/mol. The number of rotatable bonds is 8. The smallest absolute Gasteiger partial charge is 0.340 e. The predicted molar refractivity (Wildman–Crippen MR) is 114 cm³/mol. The molecule has 0 spiro atoms. The minimum atomic E-state index is -1.08. The Morgan fingerprint density at radius 1 is 1.13 bits per heavy atom. The van der Waals surface area contributed by atoms with E-state index >= 15 is 0 Å². The molecule has 1 aliphatic heterocycles. The lowest BCUT2D eigenvalue weighted by Gasteiger charge is -2.21. The summed E-state index contributed by atoms with van der Waals surface area (Å²) in [4.78, 5) is 54.4. The van der Waals surface area contributed by atoms with Crippen molar-refractivity contribution in [2.75, 3.05) is 13.2 Å². The van der Waals surface area contributed by atoms with Crippen molar-refractivity contribution in [2.45, 2.75) is 46.1 Å². The second-order valence-corrected chi connectivity index (χ2v) is 7.91. The molecule has 2 N–H and O–H groups in total. The van der Waals surface area contributed by atoms with Gasteiger partial charge in [0.1, 0.15) is 5.54 Å². The molecule has 0 radical (unpaired) electrons. The van der Waals surface area contributed by atoms with Crippen molar-refractivity contribution < 1.29 is 23.9 Å². The normalized spacial score (nSPS) is 18.3. The molecule has 1 aliphatic rings. The summed E-state index contributed by atoms with van der Waals surface area (Å²) in [6.07, 6.45) is 1.03. The Balaban J connectivity index is 1.73. The van der Waals surface area contributed by atoms with Crippen molar-refractivity contribution in [1.82, 2.24) is 15.2 Å². The Bertz CT molecular complexity index is 1030. The molecular formula is C23H27N3O5. The number of urea groups is 1. The lowest BCUT2D eigenvalue weighted by atomic mass is 9.93. The Labute approximate surface area is 181 Å². The lowest BCUT2D eigenvalue weighted by Crippen LogP contribution is -2.44. The van der Waals surface area contributed by atoms with Crippen LogP contribution in [-0.4, -0.2) is 52.3 Å². The minimum Gasteiger partial charge on any atom is -0.462 e. The number of esters is 1. The van der Waals surface area contributed by atoms with E-state index in [1.807, 2.05) is 30.3 Å². The molecular weight excluding hydrogens is 398 g/mol. The molecule has 1 atom stereocenters. The van der Waals surface area contributed by atoms with E-state index in [1.54, 1.807) is 27.7 Å². The number of imide groups is 1. The highest BCUT2D eigenvalue weighted by Gasteiger charge is 2.48. The number of amides is 3. The molecule has 8 nitrogen and oxygen atoms in total. The molecule has 1 saturated heterocycles. The molecule has 1 unspecified atom stereocenters. The van der Waals surface area contributed by atoms with Gasteiger partial charge in [-0.3, -0.25) is 14.5 Å². The summed E-state index contributed by atoms with van der Waals surface area (Å²) >= 11 is 0. The van der Waals surface area contributed by atoms with Crippen LogP contribution < -0.4 is 5.32 Å². The Hall–Kier alpha value is -3.42. The van der Waals surface area contributed by atoms with Crippen LogP contribution in [0.1, 0.15) is 57.9 Å². The third-order valence-corrected chi connectivity index (χ3v) is 5.60. The van der Waals surface area contributed by atoms with Crippen LogP contribution >= 0.6 is 0 Å². The molecule has 31 heavy (non-hydrogen) atoms. The highest BCUT2D eigenvalue weighted by atomic mass is 16.5. The van der Waals surface area contributed by atoms with Gasteiger partial charge in [-0.25, -0.2) is 9.59 Å². The van der Waals surface area contributed by atoms with E-state index in [0.29, 0.717) is 29.7 Å². The molecule has 1 aromatic heterocycles. The largest absolute Gasteiger partial charge is 0.462 e. The quantitative estimate of drug-likeness (QED) is 0.384. The first kappa shape index (κ1) is 22.3. The summed E-state index contributed by atoms with van der Waals surface area (Å²) in [5, 5.41) is 2.72.